The molecule has 1 amide bonds. The Kier molecular flexibility index (Phi) is 6.98. The van der Waals surface area contributed by atoms with Crippen LogP contribution in [0.4, 0.5) is 0 Å². The highest BCUT2D eigenvalue weighted by molar-refractivity contribution is 7.89. The van der Waals surface area contributed by atoms with Gasteiger partial charge >= 0.3 is 0 Å². The van der Waals surface area contributed by atoms with Crippen LogP contribution in [0.15, 0.2) is 53.4 Å². The van der Waals surface area contributed by atoms with Crippen LogP contribution in [0.25, 0.3) is 0 Å². The van der Waals surface area contributed by atoms with Crippen LogP contribution in [0.1, 0.15) is 29.3 Å². The summed E-state index contributed by atoms with van der Waals surface area (Å²) in [6, 6.07) is 14.4. The topological polar surface area (TPSA) is 75.7 Å². The zero-order chi connectivity index (χ0) is 20.0. The maximum absolute atomic E-state index is 12.6. The van der Waals surface area contributed by atoms with E-state index in [1.165, 1.54) is 38.9 Å². The summed E-state index contributed by atoms with van der Waals surface area (Å²) in [6.45, 7) is 1.93. The Morgan fingerprint density at radius 2 is 1.81 bits per heavy atom. The average Bonchev–Trinajstić information content (AvgIpc) is 2.66. The predicted octanol–water partition coefficient (Wildman–Crippen LogP) is 2.70. The molecule has 6 nitrogen and oxygen atoms in total. The maximum Gasteiger partial charge on any atom is 0.251 e. The number of hydrogen-bond acceptors (Lipinski definition) is 4. The summed E-state index contributed by atoms with van der Waals surface area (Å²) in [5, 5.41) is 2.92. The molecule has 2 aromatic rings. The minimum Gasteiger partial charge on any atom is -0.495 e. The van der Waals surface area contributed by atoms with Gasteiger partial charge in [-0.15, -0.1) is 0 Å². The molecule has 0 bridgehead atoms. The van der Waals surface area contributed by atoms with Crippen molar-refractivity contribution in [3.8, 4) is 5.75 Å². The molecule has 0 saturated carbocycles. The summed E-state index contributed by atoms with van der Waals surface area (Å²) in [5.41, 5.74) is 1.49. The molecule has 1 N–H and O–H groups in total. The van der Waals surface area contributed by atoms with Crippen LogP contribution in [-0.4, -0.2) is 45.9 Å². The lowest BCUT2D eigenvalue weighted by molar-refractivity contribution is 0.0938. The van der Waals surface area contributed by atoms with E-state index in [-0.39, 0.29) is 28.2 Å². The van der Waals surface area contributed by atoms with Gasteiger partial charge in [-0.25, -0.2) is 12.7 Å². The normalized spacial score (nSPS) is 12.6. The van der Waals surface area contributed by atoms with Crippen molar-refractivity contribution in [2.75, 3.05) is 21.2 Å². The molecule has 7 heteroatoms. The van der Waals surface area contributed by atoms with Crippen LogP contribution >= 0.6 is 0 Å². The third-order valence-electron chi connectivity index (χ3n) is 4.27. The van der Waals surface area contributed by atoms with E-state index in [0.29, 0.717) is 0 Å². The summed E-state index contributed by atoms with van der Waals surface area (Å²) < 4.78 is 31.2. The minimum absolute atomic E-state index is 0.0282. The number of carbonyl (C=O) groups is 1. The molecular weight excluding hydrogens is 364 g/mol. The molecule has 0 heterocycles. The van der Waals surface area contributed by atoms with Crippen molar-refractivity contribution >= 4 is 15.9 Å². The van der Waals surface area contributed by atoms with Gasteiger partial charge in [-0.2, -0.15) is 0 Å². The summed E-state index contributed by atoms with van der Waals surface area (Å²) in [6.07, 6.45) is 1.64. The molecule has 146 valence electrons. The first-order valence-corrected chi connectivity index (χ1v) is 10.1. The van der Waals surface area contributed by atoms with Crippen molar-refractivity contribution in [2.24, 2.45) is 0 Å². The number of amides is 1. The van der Waals surface area contributed by atoms with E-state index < -0.39 is 10.0 Å². The first-order valence-electron chi connectivity index (χ1n) is 8.71. The van der Waals surface area contributed by atoms with E-state index >= 15 is 0 Å². The van der Waals surface area contributed by atoms with E-state index in [2.05, 4.69) is 17.4 Å². The fraction of sp³-hybridized carbons (Fsp3) is 0.350. The molecular formula is C20H26N2O4S. The maximum atomic E-state index is 12.6. The molecule has 0 aliphatic heterocycles. The Hall–Kier alpha value is -2.38. The highest BCUT2D eigenvalue weighted by Crippen LogP contribution is 2.27. The quantitative estimate of drug-likeness (QED) is 0.752. The number of methoxy groups -OCH3 is 1. The van der Waals surface area contributed by atoms with Crippen molar-refractivity contribution in [3.63, 3.8) is 0 Å². The van der Waals surface area contributed by atoms with E-state index in [1.54, 1.807) is 6.07 Å². The van der Waals surface area contributed by atoms with Gasteiger partial charge in [0.25, 0.3) is 5.91 Å². The monoisotopic (exact) mass is 390 g/mol. The molecule has 27 heavy (non-hydrogen) atoms. The van der Waals surface area contributed by atoms with Gasteiger partial charge in [0.1, 0.15) is 10.6 Å². The smallest absolute Gasteiger partial charge is 0.251 e. The molecule has 0 radical (unpaired) electrons. The third-order valence-corrected chi connectivity index (χ3v) is 6.11. The van der Waals surface area contributed by atoms with Gasteiger partial charge in [-0.1, -0.05) is 30.3 Å². The van der Waals surface area contributed by atoms with Crippen LogP contribution < -0.4 is 10.1 Å². The van der Waals surface area contributed by atoms with Crippen molar-refractivity contribution < 1.29 is 17.9 Å². The molecule has 0 spiro atoms. The lowest BCUT2D eigenvalue weighted by atomic mass is 10.1. The van der Waals surface area contributed by atoms with Crippen LogP contribution in [0.2, 0.25) is 0 Å². The van der Waals surface area contributed by atoms with Crippen molar-refractivity contribution in [1.29, 1.82) is 0 Å². The second-order valence-electron chi connectivity index (χ2n) is 6.55. The lowest BCUT2D eigenvalue weighted by Crippen LogP contribution is -2.33. The second kappa shape index (κ2) is 9.01. The lowest BCUT2D eigenvalue weighted by Gasteiger charge is -2.17. The first kappa shape index (κ1) is 20.9. The Labute approximate surface area is 161 Å². The van der Waals surface area contributed by atoms with Gasteiger partial charge in [0.15, 0.2) is 0 Å². The van der Waals surface area contributed by atoms with Crippen molar-refractivity contribution in [2.45, 2.75) is 30.7 Å². The molecule has 0 fully saturated rings. The number of carbonyl (C=O) groups excluding carboxylic acids is 1. The molecule has 2 rings (SSSR count). The largest absolute Gasteiger partial charge is 0.495 e. The fourth-order valence-electron chi connectivity index (χ4n) is 2.62. The van der Waals surface area contributed by atoms with Gasteiger partial charge in [-0.05, 0) is 43.5 Å². The number of benzene rings is 2. The Morgan fingerprint density at radius 3 is 2.41 bits per heavy atom. The zero-order valence-electron chi connectivity index (χ0n) is 16.1. The minimum atomic E-state index is -3.72. The average molecular weight is 391 g/mol. The number of nitrogens with one attached hydrogen (secondary N) is 1. The molecule has 2 aromatic carbocycles. The number of aryl methyl sites for hydroxylation is 1. The number of hydrogen-bond donors (Lipinski definition) is 1. The molecule has 1 atom stereocenters. The first-order chi connectivity index (χ1) is 12.8. The second-order valence-corrected chi connectivity index (χ2v) is 8.67. The molecule has 0 aliphatic carbocycles. The summed E-state index contributed by atoms with van der Waals surface area (Å²) >= 11 is 0. The highest BCUT2D eigenvalue weighted by atomic mass is 32.2. The molecule has 0 saturated heterocycles. The Morgan fingerprint density at radius 1 is 1.15 bits per heavy atom. The van der Waals surface area contributed by atoms with Crippen LogP contribution in [-0.2, 0) is 16.4 Å². The van der Waals surface area contributed by atoms with Gasteiger partial charge in [0.05, 0.1) is 7.11 Å². The molecule has 0 aliphatic rings. The third kappa shape index (κ3) is 5.30. The van der Waals surface area contributed by atoms with E-state index in [1.807, 2.05) is 25.1 Å². The van der Waals surface area contributed by atoms with Crippen molar-refractivity contribution in [1.82, 2.24) is 9.62 Å². The summed E-state index contributed by atoms with van der Waals surface area (Å²) in [4.78, 5) is 12.5. The standard InChI is InChI=1S/C20H26N2O4S/c1-15(10-11-16-8-6-5-7-9-16)21-20(23)17-12-13-18(26-4)19(14-17)27(24,25)22(2)3/h5-9,12-15H,10-11H2,1-4H3,(H,21,23). The van der Waals surface area contributed by atoms with Gasteiger partial charge in [0.2, 0.25) is 10.0 Å². The van der Waals surface area contributed by atoms with E-state index in [4.69, 9.17) is 4.74 Å². The molecule has 1 unspecified atom stereocenters. The van der Waals surface area contributed by atoms with Crippen LogP contribution in [0, 0.1) is 0 Å². The molecule has 0 aromatic heterocycles. The van der Waals surface area contributed by atoms with E-state index in [0.717, 1.165) is 17.1 Å². The van der Waals surface area contributed by atoms with Crippen molar-refractivity contribution in [3.05, 3.63) is 59.7 Å². The predicted molar refractivity (Wildman–Crippen MR) is 106 cm³/mol. The number of sulfonamides is 1. The Balaban J connectivity index is 2.12. The summed E-state index contributed by atoms with van der Waals surface area (Å²) in [7, 11) is 0.552. The van der Waals surface area contributed by atoms with Gasteiger partial charge < -0.3 is 10.1 Å². The zero-order valence-corrected chi connectivity index (χ0v) is 16.9. The number of rotatable bonds is 8. The Bertz CT molecular complexity index is 880. The highest BCUT2D eigenvalue weighted by Gasteiger charge is 2.24. The number of ether oxygens (including phenoxy) is 1. The summed E-state index contributed by atoms with van der Waals surface area (Å²) in [5.74, 6) is -0.106. The fourth-order valence-corrected chi connectivity index (χ4v) is 3.70. The van der Waals surface area contributed by atoms with Gasteiger partial charge in [-0.3, -0.25) is 4.79 Å². The SMILES string of the molecule is COc1ccc(C(=O)NC(C)CCc2ccccc2)cc1S(=O)(=O)N(C)C. The van der Waals surface area contributed by atoms with E-state index in [9.17, 15) is 13.2 Å². The van der Waals surface area contributed by atoms with Gasteiger partial charge in [0, 0.05) is 25.7 Å². The van der Waals surface area contributed by atoms with Crippen LogP contribution in [0.3, 0.4) is 0 Å². The number of nitrogens with zero attached hydrogens (tertiary/aromatic N) is 1. The van der Waals surface area contributed by atoms with Crippen LogP contribution in [0.5, 0.6) is 5.75 Å².